The Kier molecular flexibility index (Phi) is 3.09. The zero-order valence-corrected chi connectivity index (χ0v) is 7.07. The minimum Gasteiger partial charge on any atom is -0.331 e. The molecule has 0 fully saturated rings. The topological polar surface area (TPSA) is 41.6 Å². The summed E-state index contributed by atoms with van der Waals surface area (Å²) in [5.41, 5.74) is 0.985. The monoisotopic (exact) mass is 161 g/mol. The smallest absolute Gasteiger partial charge is 0.0950 e. The fourth-order valence-electron chi connectivity index (χ4n) is 1.02. The van der Waals surface area contributed by atoms with Gasteiger partial charge in [0.05, 0.1) is 24.3 Å². The van der Waals surface area contributed by atoms with Gasteiger partial charge < -0.3 is 4.57 Å². The molecule has 0 aliphatic rings. The molecule has 1 aromatic heterocycles. The van der Waals surface area contributed by atoms with Crippen LogP contribution in [-0.2, 0) is 6.54 Å². The first-order valence-electron chi connectivity index (χ1n) is 3.94. The average Bonchev–Trinajstić information content (AvgIpc) is 2.50. The van der Waals surface area contributed by atoms with Gasteiger partial charge in [-0.1, -0.05) is 6.92 Å². The molecule has 0 N–H and O–H groups in total. The lowest BCUT2D eigenvalue weighted by Gasteiger charge is -2.00. The number of nitrogens with zero attached hydrogens (tertiary/aromatic N) is 3. The van der Waals surface area contributed by atoms with E-state index in [1.54, 1.807) is 18.6 Å². The third-order valence-electron chi connectivity index (χ3n) is 1.54. The molecule has 1 heterocycles. The maximum Gasteiger partial charge on any atom is 0.0950 e. The van der Waals surface area contributed by atoms with Gasteiger partial charge in [0.15, 0.2) is 0 Å². The van der Waals surface area contributed by atoms with Crippen molar-refractivity contribution in [1.29, 1.82) is 5.26 Å². The maximum atomic E-state index is 8.32. The summed E-state index contributed by atoms with van der Waals surface area (Å²) in [6.45, 7) is 3.06. The third kappa shape index (κ3) is 1.96. The van der Waals surface area contributed by atoms with Crippen LogP contribution in [0.5, 0.6) is 0 Å². The van der Waals surface area contributed by atoms with Crippen molar-refractivity contribution < 1.29 is 0 Å². The lowest BCUT2D eigenvalue weighted by atomic mass is 10.4. The highest BCUT2D eigenvalue weighted by Crippen LogP contribution is 2.02. The number of hydrogen-bond acceptors (Lipinski definition) is 2. The van der Waals surface area contributed by atoms with Crippen LogP contribution in [-0.4, -0.2) is 9.55 Å². The van der Waals surface area contributed by atoms with Crippen molar-refractivity contribution in [2.24, 2.45) is 0 Å². The lowest BCUT2D eigenvalue weighted by molar-refractivity contribution is 0.673. The molecule has 1 aromatic rings. The number of allylic oxidation sites excluding steroid dienone is 1. The zero-order valence-electron chi connectivity index (χ0n) is 7.07. The average molecular weight is 161 g/mol. The summed E-state index contributed by atoms with van der Waals surface area (Å²) in [6, 6.07) is 1.95. The van der Waals surface area contributed by atoms with Gasteiger partial charge in [0.1, 0.15) is 0 Å². The van der Waals surface area contributed by atoms with E-state index in [-0.39, 0.29) is 0 Å². The molecule has 0 saturated carbocycles. The van der Waals surface area contributed by atoms with E-state index >= 15 is 0 Å². The molecule has 1 rings (SSSR count). The van der Waals surface area contributed by atoms with Crippen LogP contribution in [0.1, 0.15) is 19.0 Å². The second-order valence-corrected chi connectivity index (χ2v) is 2.47. The maximum absolute atomic E-state index is 8.32. The number of imidazole rings is 1. The molecule has 0 atom stereocenters. The Labute approximate surface area is 72.0 Å². The van der Waals surface area contributed by atoms with Crippen LogP contribution in [0.25, 0.3) is 6.08 Å². The van der Waals surface area contributed by atoms with Crippen LogP contribution < -0.4 is 0 Å². The van der Waals surface area contributed by atoms with Crippen molar-refractivity contribution in [3.05, 3.63) is 24.3 Å². The van der Waals surface area contributed by atoms with Gasteiger partial charge in [-0.2, -0.15) is 5.26 Å². The summed E-state index contributed by atoms with van der Waals surface area (Å²) >= 11 is 0. The normalized spacial score (nSPS) is 10.3. The molecule has 0 amide bonds. The molecule has 0 aliphatic heterocycles. The van der Waals surface area contributed by atoms with Crippen LogP contribution in [0.3, 0.4) is 0 Å². The van der Waals surface area contributed by atoms with Crippen LogP contribution >= 0.6 is 0 Å². The number of nitriles is 1. The van der Waals surface area contributed by atoms with E-state index in [9.17, 15) is 0 Å². The van der Waals surface area contributed by atoms with Gasteiger partial charge in [-0.15, -0.1) is 0 Å². The van der Waals surface area contributed by atoms with E-state index in [1.807, 2.05) is 10.6 Å². The molecular formula is C9H11N3. The Morgan fingerprint density at radius 3 is 3.25 bits per heavy atom. The summed E-state index contributed by atoms with van der Waals surface area (Å²) in [4.78, 5) is 4.00. The highest BCUT2D eigenvalue weighted by molar-refractivity contribution is 5.46. The lowest BCUT2D eigenvalue weighted by Crippen LogP contribution is -1.96. The molecule has 0 aliphatic carbocycles. The van der Waals surface area contributed by atoms with Crippen molar-refractivity contribution >= 4 is 6.08 Å². The molecule has 0 radical (unpaired) electrons. The quantitative estimate of drug-likeness (QED) is 0.634. The summed E-state index contributed by atoms with van der Waals surface area (Å²) in [6.07, 6.45) is 7.83. The van der Waals surface area contributed by atoms with Gasteiger partial charge in [-0.05, 0) is 12.5 Å². The van der Waals surface area contributed by atoms with Gasteiger partial charge in [-0.25, -0.2) is 4.98 Å². The van der Waals surface area contributed by atoms with Crippen molar-refractivity contribution in [3.8, 4) is 6.07 Å². The predicted molar refractivity (Wildman–Crippen MR) is 47.2 cm³/mol. The minimum absolute atomic E-state index is 0.950. The highest BCUT2D eigenvalue weighted by Gasteiger charge is 1.94. The SMILES string of the molecule is CCCn1cncc1/C=C/C#N. The third-order valence-corrected chi connectivity index (χ3v) is 1.54. The number of hydrogen-bond donors (Lipinski definition) is 0. The molecule has 0 saturated heterocycles. The fourth-order valence-corrected chi connectivity index (χ4v) is 1.02. The summed E-state index contributed by atoms with van der Waals surface area (Å²) in [5, 5.41) is 8.32. The summed E-state index contributed by atoms with van der Waals surface area (Å²) in [7, 11) is 0. The van der Waals surface area contributed by atoms with Gasteiger partial charge in [-0.3, -0.25) is 0 Å². The van der Waals surface area contributed by atoms with Crippen LogP contribution in [0.2, 0.25) is 0 Å². The Bertz CT molecular complexity index is 304. The standard InChI is InChI=1S/C9H11N3/c1-2-6-12-8-11-7-9(12)4-3-5-10/h3-4,7-8H,2,6H2,1H3/b4-3+. The minimum atomic E-state index is 0.950. The molecule has 3 heteroatoms. The fraction of sp³-hybridized carbons (Fsp3) is 0.333. The van der Waals surface area contributed by atoms with Crippen molar-refractivity contribution in [1.82, 2.24) is 9.55 Å². The van der Waals surface area contributed by atoms with E-state index < -0.39 is 0 Å². The molecule has 3 nitrogen and oxygen atoms in total. The van der Waals surface area contributed by atoms with Crippen molar-refractivity contribution in [2.75, 3.05) is 0 Å². The first-order chi connectivity index (χ1) is 5.88. The first-order valence-corrected chi connectivity index (χ1v) is 3.94. The highest BCUT2D eigenvalue weighted by atomic mass is 15.0. The Morgan fingerprint density at radius 2 is 2.58 bits per heavy atom. The Hall–Kier alpha value is -1.56. The number of aryl methyl sites for hydroxylation is 1. The van der Waals surface area contributed by atoms with Crippen LogP contribution in [0.4, 0.5) is 0 Å². The van der Waals surface area contributed by atoms with E-state index in [0.29, 0.717) is 0 Å². The molecule has 0 bridgehead atoms. The molecule has 62 valence electrons. The van der Waals surface area contributed by atoms with Crippen LogP contribution in [0, 0.1) is 11.3 Å². The summed E-state index contributed by atoms with van der Waals surface area (Å²) < 4.78 is 2.02. The van der Waals surface area contributed by atoms with Crippen molar-refractivity contribution in [2.45, 2.75) is 19.9 Å². The molecule has 0 aromatic carbocycles. The van der Waals surface area contributed by atoms with Gasteiger partial charge in [0.2, 0.25) is 0 Å². The second-order valence-electron chi connectivity index (χ2n) is 2.47. The van der Waals surface area contributed by atoms with E-state index in [4.69, 9.17) is 5.26 Å². The second kappa shape index (κ2) is 4.35. The first kappa shape index (κ1) is 8.54. The molecule has 12 heavy (non-hydrogen) atoms. The predicted octanol–water partition coefficient (Wildman–Crippen LogP) is 1.83. The number of aromatic nitrogens is 2. The largest absolute Gasteiger partial charge is 0.331 e. The Morgan fingerprint density at radius 1 is 1.75 bits per heavy atom. The zero-order chi connectivity index (χ0) is 8.81. The van der Waals surface area contributed by atoms with Gasteiger partial charge in [0, 0.05) is 12.6 Å². The van der Waals surface area contributed by atoms with Crippen LogP contribution in [0.15, 0.2) is 18.6 Å². The van der Waals surface area contributed by atoms with E-state index in [1.165, 1.54) is 6.08 Å². The van der Waals surface area contributed by atoms with Gasteiger partial charge >= 0.3 is 0 Å². The van der Waals surface area contributed by atoms with Gasteiger partial charge in [0.25, 0.3) is 0 Å². The summed E-state index contributed by atoms with van der Waals surface area (Å²) in [5.74, 6) is 0. The molecule has 0 unspecified atom stereocenters. The van der Waals surface area contributed by atoms with Crippen molar-refractivity contribution in [3.63, 3.8) is 0 Å². The molecule has 0 spiro atoms. The number of rotatable bonds is 3. The van der Waals surface area contributed by atoms with E-state index in [2.05, 4.69) is 11.9 Å². The Balaban J connectivity index is 2.78. The molecular weight excluding hydrogens is 150 g/mol. The van der Waals surface area contributed by atoms with E-state index in [0.717, 1.165) is 18.7 Å².